The lowest BCUT2D eigenvalue weighted by molar-refractivity contribution is -0.143. The van der Waals surface area contributed by atoms with E-state index in [-0.39, 0.29) is 5.97 Å². The monoisotopic (exact) mass is 368 g/mol. The molecule has 0 aliphatic rings. The molecule has 0 aliphatic heterocycles. The van der Waals surface area contributed by atoms with Crippen LogP contribution in [-0.4, -0.2) is 12.6 Å². The smallest absolute Gasteiger partial charge is 0.305 e. The maximum Gasteiger partial charge on any atom is 0.305 e. The summed E-state index contributed by atoms with van der Waals surface area (Å²) in [6, 6.07) is 0. The van der Waals surface area contributed by atoms with Crippen LogP contribution in [0, 0.1) is 5.92 Å². The molecule has 2 heteroatoms. The van der Waals surface area contributed by atoms with Crippen LogP contribution in [0.5, 0.6) is 0 Å². The van der Waals surface area contributed by atoms with Gasteiger partial charge in [0.2, 0.25) is 0 Å². The van der Waals surface area contributed by atoms with Crippen LogP contribution in [0.25, 0.3) is 0 Å². The SMILES string of the molecule is CCCCCCCCCCCCCCC(=O)OCCCCCCC(C)C. The summed E-state index contributed by atoms with van der Waals surface area (Å²) in [5.74, 6) is 0.822. The van der Waals surface area contributed by atoms with E-state index in [1.54, 1.807) is 0 Å². The molecule has 0 N–H and O–H groups in total. The molecule has 0 rings (SSSR count). The van der Waals surface area contributed by atoms with Gasteiger partial charge in [0, 0.05) is 6.42 Å². The average Bonchev–Trinajstić information content (AvgIpc) is 2.61. The quantitative estimate of drug-likeness (QED) is 0.160. The van der Waals surface area contributed by atoms with E-state index in [4.69, 9.17) is 4.74 Å². The Hall–Kier alpha value is -0.530. The lowest BCUT2D eigenvalue weighted by atomic mass is 10.0. The van der Waals surface area contributed by atoms with E-state index in [0.717, 1.165) is 18.8 Å². The van der Waals surface area contributed by atoms with Crippen LogP contribution < -0.4 is 0 Å². The number of carbonyl (C=O) groups is 1. The Morgan fingerprint density at radius 3 is 1.65 bits per heavy atom. The molecule has 26 heavy (non-hydrogen) atoms. The predicted molar refractivity (Wildman–Crippen MR) is 115 cm³/mol. The number of hydrogen-bond donors (Lipinski definition) is 0. The summed E-state index contributed by atoms with van der Waals surface area (Å²) in [5.41, 5.74) is 0. The summed E-state index contributed by atoms with van der Waals surface area (Å²) in [6.07, 6.45) is 22.7. The Kier molecular flexibility index (Phi) is 20.4. The molecule has 0 fully saturated rings. The van der Waals surface area contributed by atoms with Crippen LogP contribution in [0.3, 0.4) is 0 Å². The van der Waals surface area contributed by atoms with Crippen molar-refractivity contribution in [1.82, 2.24) is 0 Å². The van der Waals surface area contributed by atoms with Crippen molar-refractivity contribution in [2.45, 2.75) is 136 Å². The molecule has 0 saturated heterocycles. The largest absolute Gasteiger partial charge is 0.466 e. The van der Waals surface area contributed by atoms with E-state index in [1.807, 2.05) is 0 Å². The normalized spacial score (nSPS) is 11.2. The second-order valence-corrected chi connectivity index (χ2v) is 8.46. The van der Waals surface area contributed by atoms with E-state index in [2.05, 4.69) is 20.8 Å². The summed E-state index contributed by atoms with van der Waals surface area (Å²) in [5, 5.41) is 0. The third-order valence-corrected chi connectivity index (χ3v) is 5.17. The number of ether oxygens (including phenoxy) is 1. The zero-order valence-corrected chi connectivity index (χ0v) is 18.3. The molecule has 0 radical (unpaired) electrons. The minimum absolute atomic E-state index is 0.0132. The molecule has 0 atom stereocenters. The Labute approximate surface area is 164 Å². The molecule has 0 aliphatic carbocycles. The minimum atomic E-state index is 0.0132. The van der Waals surface area contributed by atoms with Crippen molar-refractivity contribution in [2.24, 2.45) is 5.92 Å². The maximum atomic E-state index is 11.7. The summed E-state index contributed by atoms with van der Waals surface area (Å²) in [6.45, 7) is 7.45. The lowest BCUT2D eigenvalue weighted by Crippen LogP contribution is -2.05. The third-order valence-electron chi connectivity index (χ3n) is 5.17. The molecular weight excluding hydrogens is 320 g/mol. The van der Waals surface area contributed by atoms with Crippen molar-refractivity contribution < 1.29 is 9.53 Å². The van der Waals surface area contributed by atoms with Crippen molar-refractivity contribution in [3.63, 3.8) is 0 Å². The highest BCUT2D eigenvalue weighted by atomic mass is 16.5. The van der Waals surface area contributed by atoms with E-state index in [1.165, 1.54) is 96.3 Å². The summed E-state index contributed by atoms with van der Waals surface area (Å²) in [4.78, 5) is 11.7. The van der Waals surface area contributed by atoms with E-state index < -0.39 is 0 Å². The molecule has 156 valence electrons. The highest BCUT2D eigenvalue weighted by molar-refractivity contribution is 5.69. The van der Waals surface area contributed by atoms with Gasteiger partial charge in [0.15, 0.2) is 0 Å². The van der Waals surface area contributed by atoms with Gasteiger partial charge in [-0.2, -0.15) is 0 Å². The topological polar surface area (TPSA) is 26.3 Å². The molecule has 0 spiro atoms. The molecule has 0 amide bonds. The fraction of sp³-hybridized carbons (Fsp3) is 0.958. The van der Waals surface area contributed by atoms with Crippen LogP contribution in [0.15, 0.2) is 0 Å². The third kappa shape index (κ3) is 21.5. The molecular formula is C24H48O2. The average molecular weight is 369 g/mol. The Morgan fingerprint density at radius 2 is 1.12 bits per heavy atom. The summed E-state index contributed by atoms with van der Waals surface area (Å²) >= 11 is 0. The predicted octanol–water partition coefficient (Wildman–Crippen LogP) is 8.23. The first-order chi connectivity index (χ1) is 12.7. The van der Waals surface area contributed by atoms with Gasteiger partial charge < -0.3 is 4.74 Å². The standard InChI is InChI=1S/C24H48O2/c1-4-5-6-7-8-9-10-11-12-13-14-18-21-24(25)26-22-19-16-15-17-20-23(2)3/h23H,4-22H2,1-3H3. The van der Waals surface area contributed by atoms with Crippen LogP contribution in [0.4, 0.5) is 0 Å². The highest BCUT2D eigenvalue weighted by Gasteiger charge is 2.02. The number of carbonyl (C=O) groups excluding carboxylic acids is 1. The van der Waals surface area contributed by atoms with Gasteiger partial charge >= 0.3 is 5.97 Å². The molecule has 0 heterocycles. The van der Waals surface area contributed by atoms with Gasteiger partial charge in [-0.3, -0.25) is 4.79 Å². The first-order valence-electron chi connectivity index (χ1n) is 11.8. The first kappa shape index (κ1) is 25.5. The number of hydrogen-bond acceptors (Lipinski definition) is 2. The van der Waals surface area contributed by atoms with Gasteiger partial charge in [-0.25, -0.2) is 0 Å². The molecule has 0 saturated carbocycles. The van der Waals surface area contributed by atoms with Crippen molar-refractivity contribution in [3.05, 3.63) is 0 Å². The van der Waals surface area contributed by atoms with Gasteiger partial charge in [0.25, 0.3) is 0 Å². The summed E-state index contributed by atoms with van der Waals surface area (Å²) < 4.78 is 5.33. The molecule has 0 unspecified atom stereocenters. The van der Waals surface area contributed by atoms with Crippen molar-refractivity contribution in [3.8, 4) is 0 Å². The number of rotatable bonds is 20. The van der Waals surface area contributed by atoms with E-state index in [9.17, 15) is 4.79 Å². The first-order valence-corrected chi connectivity index (χ1v) is 11.8. The van der Waals surface area contributed by atoms with Gasteiger partial charge in [0.1, 0.15) is 0 Å². The molecule has 0 aromatic heterocycles. The zero-order chi connectivity index (χ0) is 19.3. The van der Waals surface area contributed by atoms with Gasteiger partial charge in [-0.15, -0.1) is 0 Å². The zero-order valence-electron chi connectivity index (χ0n) is 18.3. The molecule has 0 bridgehead atoms. The van der Waals surface area contributed by atoms with Gasteiger partial charge in [0.05, 0.1) is 6.61 Å². The highest BCUT2D eigenvalue weighted by Crippen LogP contribution is 2.13. The van der Waals surface area contributed by atoms with Gasteiger partial charge in [-0.05, 0) is 18.8 Å². The lowest BCUT2D eigenvalue weighted by Gasteiger charge is -2.06. The second-order valence-electron chi connectivity index (χ2n) is 8.46. The van der Waals surface area contributed by atoms with Crippen LogP contribution in [-0.2, 0) is 9.53 Å². The van der Waals surface area contributed by atoms with E-state index >= 15 is 0 Å². The molecule has 2 nitrogen and oxygen atoms in total. The Morgan fingerprint density at radius 1 is 0.654 bits per heavy atom. The number of unbranched alkanes of at least 4 members (excludes halogenated alkanes) is 14. The van der Waals surface area contributed by atoms with Crippen LogP contribution in [0.2, 0.25) is 0 Å². The maximum absolute atomic E-state index is 11.7. The Bertz CT molecular complexity index is 286. The minimum Gasteiger partial charge on any atom is -0.466 e. The number of esters is 1. The second kappa shape index (κ2) is 20.8. The summed E-state index contributed by atoms with van der Waals surface area (Å²) in [7, 11) is 0. The van der Waals surface area contributed by atoms with Crippen LogP contribution in [0.1, 0.15) is 136 Å². The van der Waals surface area contributed by atoms with Crippen LogP contribution >= 0.6 is 0 Å². The Balaban J connectivity index is 3.15. The van der Waals surface area contributed by atoms with Crippen molar-refractivity contribution in [1.29, 1.82) is 0 Å². The van der Waals surface area contributed by atoms with Crippen molar-refractivity contribution in [2.75, 3.05) is 6.61 Å². The molecule has 0 aromatic carbocycles. The van der Waals surface area contributed by atoms with Gasteiger partial charge in [-0.1, -0.05) is 117 Å². The fourth-order valence-electron chi connectivity index (χ4n) is 3.38. The van der Waals surface area contributed by atoms with E-state index in [0.29, 0.717) is 13.0 Å². The molecule has 0 aromatic rings. The van der Waals surface area contributed by atoms with Crippen molar-refractivity contribution >= 4 is 5.97 Å². The fourth-order valence-corrected chi connectivity index (χ4v) is 3.38.